The molecule has 1 aliphatic rings. The summed E-state index contributed by atoms with van der Waals surface area (Å²) >= 11 is 2.02. The maximum Gasteiger partial charge on any atom is 0.208 e. The van der Waals surface area contributed by atoms with Crippen molar-refractivity contribution in [2.24, 2.45) is 10.9 Å². The van der Waals surface area contributed by atoms with E-state index in [2.05, 4.69) is 33.8 Å². The number of guanidine groups is 1. The minimum absolute atomic E-state index is 0. The van der Waals surface area contributed by atoms with Gasteiger partial charge in [0.2, 0.25) is 10.0 Å². The molecule has 0 radical (unpaired) electrons. The van der Waals surface area contributed by atoms with Crippen LogP contribution in [-0.2, 0) is 10.0 Å². The summed E-state index contributed by atoms with van der Waals surface area (Å²) in [7, 11) is -1.36. The number of hydrogen-bond donors (Lipinski definition) is 2. The van der Waals surface area contributed by atoms with Gasteiger partial charge in [-0.05, 0) is 5.92 Å². The average molecular weight is 450 g/mol. The van der Waals surface area contributed by atoms with Crippen LogP contribution in [0.4, 0.5) is 0 Å². The van der Waals surface area contributed by atoms with E-state index in [0.29, 0.717) is 24.3 Å². The van der Waals surface area contributed by atoms with Gasteiger partial charge in [-0.1, -0.05) is 13.8 Å². The van der Waals surface area contributed by atoms with Gasteiger partial charge in [0.25, 0.3) is 0 Å². The summed E-state index contributed by atoms with van der Waals surface area (Å²) < 4.78 is 24.4. The fourth-order valence-corrected chi connectivity index (χ4v) is 3.79. The number of aliphatic imine (C=N–C) groups is 1. The van der Waals surface area contributed by atoms with E-state index < -0.39 is 10.0 Å². The topological polar surface area (TPSA) is 73.8 Å². The van der Waals surface area contributed by atoms with Gasteiger partial charge in [-0.15, -0.1) is 24.0 Å². The summed E-state index contributed by atoms with van der Waals surface area (Å²) in [6.45, 7) is 7.36. The van der Waals surface area contributed by atoms with E-state index in [1.807, 2.05) is 11.8 Å². The summed E-state index contributed by atoms with van der Waals surface area (Å²) in [6.07, 6.45) is 1.16. The molecule has 0 bridgehead atoms. The zero-order valence-corrected chi connectivity index (χ0v) is 17.1. The van der Waals surface area contributed by atoms with E-state index in [0.717, 1.165) is 31.1 Å². The average Bonchev–Trinajstić information content (AvgIpc) is 2.37. The molecule has 6 nitrogen and oxygen atoms in total. The molecule has 0 spiro atoms. The highest BCUT2D eigenvalue weighted by Crippen LogP contribution is 2.24. The second kappa shape index (κ2) is 10.1. The van der Waals surface area contributed by atoms with Crippen LogP contribution in [0.3, 0.4) is 0 Å². The molecule has 21 heavy (non-hydrogen) atoms. The zero-order valence-electron chi connectivity index (χ0n) is 13.1. The van der Waals surface area contributed by atoms with Crippen LogP contribution in [0.1, 0.15) is 13.8 Å². The number of nitrogens with one attached hydrogen (secondary N) is 2. The highest BCUT2D eigenvalue weighted by molar-refractivity contribution is 14.0. The smallest absolute Gasteiger partial charge is 0.208 e. The molecule has 0 saturated carbocycles. The second-order valence-corrected chi connectivity index (χ2v) is 8.42. The maximum absolute atomic E-state index is 11.0. The van der Waals surface area contributed by atoms with E-state index in [-0.39, 0.29) is 24.0 Å². The third kappa shape index (κ3) is 8.46. The summed E-state index contributed by atoms with van der Waals surface area (Å²) in [4.78, 5) is 6.54. The van der Waals surface area contributed by atoms with Crippen LogP contribution in [0.15, 0.2) is 4.99 Å². The largest absolute Gasteiger partial charge is 0.355 e. The molecule has 1 saturated heterocycles. The summed E-state index contributed by atoms with van der Waals surface area (Å²) in [5.74, 6) is 2.60. The van der Waals surface area contributed by atoms with E-state index in [1.54, 1.807) is 7.05 Å². The molecule has 0 aromatic carbocycles. The van der Waals surface area contributed by atoms with E-state index in [1.165, 1.54) is 0 Å². The summed E-state index contributed by atoms with van der Waals surface area (Å²) in [5, 5.41) is 3.83. The fourth-order valence-electron chi connectivity index (χ4n) is 2.01. The highest BCUT2D eigenvalue weighted by atomic mass is 127. The molecular formula is C12H27IN4O2S2. The van der Waals surface area contributed by atoms with Gasteiger partial charge < -0.3 is 10.2 Å². The van der Waals surface area contributed by atoms with Crippen LogP contribution in [0.5, 0.6) is 0 Å². The molecule has 2 N–H and O–H groups in total. The van der Waals surface area contributed by atoms with Gasteiger partial charge in [0, 0.05) is 44.2 Å². The molecule has 1 unspecified atom stereocenters. The molecule has 9 heteroatoms. The molecule has 0 aliphatic carbocycles. The van der Waals surface area contributed by atoms with E-state index in [9.17, 15) is 8.42 Å². The van der Waals surface area contributed by atoms with Crippen molar-refractivity contribution >= 4 is 51.7 Å². The van der Waals surface area contributed by atoms with Crippen molar-refractivity contribution in [2.45, 2.75) is 19.1 Å². The van der Waals surface area contributed by atoms with Crippen molar-refractivity contribution in [3.63, 3.8) is 0 Å². The number of halogens is 1. The Bertz CT molecular complexity index is 429. The van der Waals surface area contributed by atoms with Crippen molar-refractivity contribution in [1.82, 2.24) is 14.9 Å². The Morgan fingerprint density at radius 2 is 2.10 bits per heavy atom. The first-order chi connectivity index (χ1) is 9.33. The summed E-state index contributed by atoms with van der Waals surface area (Å²) in [6, 6.07) is 0. The van der Waals surface area contributed by atoms with Crippen LogP contribution in [0, 0.1) is 5.92 Å². The molecule has 126 valence electrons. The maximum atomic E-state index is 11.0. The van der Waals surface area contributed by atoms with Crippen molar-refractivity contribution in [1.29, 1.82) is 0 Å². The van der Waals surface area contributed by atoms with Crippen molar-refractivity contribution in [2.75, 3.05) is 45.2 Å². The molecule has 1 fully saturated rings. The Balaban J connectivity index is 0.00000400. The highest BCUT2D eigenvalue weighted by Gasteiger charge is 2.24. The van der Waals surface area contributed by atoms with Gasteiger partial charge in [-0.25, -0.2) is 13.1 Å². The number of rotatable bonds is 5. The predicted octanol–water partition coefficient (Wildman–Crippen LogP) is 0.802. The molecule has 1 atom stereocenters. The van der Waals surface area contributed by atoms with Gasteiger partial charge in [0.05, 0.1) is 6.26 Å². The molecule has 1 aliphatic heterocycles. The lowest BCUT2D eigenvalue weighted by atomic mass is 10.1. The number of nitrogens with zero attached hydrogens (tertiary/aromatic N) is 2. The van der Waals surface area contributed by atoms with E-state index >= 15 is 0 Å². The first kappa shape index (κ1) is 21.3. The van der Waals surface area contributed by atoms with Gasteiger partial charge in [-0.3, -0.25) is 4.99 Å². The van der Waals surface area contributed by atoms with Gasteiger partial charge in [0.1, 0.15) is 0 Å². The Morgan fingerprint density at radius 3 is 2.62 bits per heavy atom. The standard InChI is InChI=1S/C12H26N4O2S2.HI/c1-10(2)11-9-16(7-8-19-11)12(13-3)14-5-6-15-20(4,17)18;/h10-11,15H,5-9H2,1-4H3,(H,13,14);1H. The zero-order chi connectivity index (χ0) is 15.2. The van der Waals surface area contributed by atoms with E-state index in [4.69, 9.17) is 0 Å². The molecule has 1 heterocycles. The molecule has 0 aromatic heterocycles. The first-order valence-electron chi connectivity index (χ1n) is 6.85. The lowest BCUT2D eigenvalue weighted by Gasteiger charge is -2.36. The lowest BCUT2D eigenvalue weighted by Crippen LogP contribution is -2.50. The quantitative estimate of drug-likeness (QED) is 0.281. The van der Waals surface area contributed by atoms with Crippen molar-refractivity contribution < 1.29 is 8.42 Å². The van der Waals surface area contributed by atoms with Crippen LogP contribution in [0.2, 0.25) is 0 Å². The van der Waals surface area contributed by atoms with Gasteiger partial charge >= 0.3 is 0 Å². The third-order valence-corrected chi connectivity index (χ3v) is 5.39. The second-order valence-electron chi connectivity index (χ2n) is 5.24. The molecule has 0 aromatic rings. The normalized spacial score (nSPS) is 20.3. The summed E-state index contributed by atoms with van der Waals surface area (Å²) in [5.41, 5.74) is 0. The van der Waals surface area contributed by atoms with Crippen LogP contribution >= 0.6 is 35.7 Å². The van der Waals surface area contributed by atoms with Crippen LogP contribution in [-0.4, -0.2) is 69.8 Å². The first-order valence-corrected chi connectivity index (χ1v) is 9.79. The third-order valence-electron chi connectivity index (χ3n) is 3.12. The fraction of sp³-hybridized carbons (Fsp3) is 0.917. The Kier molecular flexibility index (Phi) is 10.2. The Hall–Kier alpha value is 0.260. The van der Waals surface area contributed by atoms with Crippen molar-refractivity contribution in [3.8, 4) is 0 Å². The lowest BCUT2D eigenvalue weighted by molar-refractivity contribution is 0.381. The van der Waals surface area contributed by atoms with Crippen LogP contribution in [0.25, 0.3) is 0 Å². The predicted molar refractivity (Wildman–Crippen MR) is 102 cm³/mol. The number of thioether (sulfide) groups is 1. The molecule has 0 amide bonds. The Morgan fingerprint density at radius 1 is 1.43 bits per heavy atom. The van der Waals surface area contributed by atoms with Gasteiger partial charge in [0.15, 0.2) is 5.96 Å². The molecular weight excluding hydrogens is 423 g/mol. The van der Waals surface area contributed by atoms with Crippen molar-refractivity contribution in [3.05, 3.63) is 0 Å². The number of hydrogen-bond acceptors (Lipinski definition) is 4. The monoisotopic (exact) mass is 450 g/mol. The SMILES string of the molecule is CN=C(NCCNS(C)(=O)=O)N1CCSC(C(C)C)C1.I. The molecule has 1 rings (SSSR count). The van der Waals surface area contributed by atoms with Gasteiger partial charge in [-0.2, -0.15) is 11.8 Å². The van der Waals surface area contributed by atoms with Crippen LogP contribution < -0.4 is 10.0 Å². The minimum Gasteiger partial charge on any atom is -0.355 e. The Labute approximate surface area is 150 Å². The number of sulfonamides is 1. The minimum atomic E-state index is -3.12.